The SMILES string of the molecule is C/C=C/CC(NC(=O)CCCC1CCCC1)C(=O)O. The summed E-state index contributed by atoms with van der Waals surface area (Å²) >= 11 is 0. The molecular weight excluding hydrogens is 242 g/mol. The van der Waals surface area contributed by atoms with Crippen LogP contribution in [0.2, 0.25) is 0 Å². The number of aliphatic carboxylic acids is 1. The maximum absolute atomic E-state index is 11.7. The van der Waals surface area contributed by atoms with Crippen LogP contribution in [0.3, 0.4) is 0 Å². The van der Waals surface area contributed by atoms with Gasteiger partial charge in [0, 0.05) is 6.42 Å². The van der Waals surface area contributed by atoms with Gasteiger partial charge in [-0.2, -0.15) is 0 Å². The predicted octanol–water partition coefficient (Wildman–Crippen LogP) is 2.88. The molecule has 19 heavy (non-hydrogen) atoms. The van der Waals surface area contributed by atoms with Gasteiger partial charge in [0.05, 0.1) is 0 Å². The van der Waals surface area contributed by atoms with Crippen molar-refractivity contribution >= 4 is 11.9 Å². The molecule has 1 fully saturated rings. The van der Waals surface area contributed by atoms with Gasteiger partial charge >= 0.3 is 5.97 Å². The van der Waals surface area contributed by atoms with Gasteiger partial charge in [0.2, 0.25) is 5.91 Å². The predicted molar refractivity (Wildman–Crippen MR) is 74.8 cm³/mol. The Hall–Kier alpha value is -1.32. The number of rotatable bonds is 8. The quantitative estimate of drug-likeness (QED) is 0.664. The highest BCUT2D eigenvalue weighted by Crippen LogP contribution is 2.28. The molecule has 0 aromatic rings. The van der Waals surface area contributed by atoms with Crippen LogP contribution < -0.4 is 5.32 Å². The fourth-order valence-corrected chi connectivity index (χ4v) is 2.61. The minimum atomic E-state index is -0.970. The van der Waals surface area contributed by atoms with Gasteiger partial charge in [-0.25, -0.2) is 4.79 Å². The summed E-state index contributed by atoms with van der Waals surface area (Å²) in [7, 11) is 0. The second kappa shape index (κ2) is 8.73. The van der Waals surface area contributed by atoms with Crippen LogP contribution in [0.15, 0.2) is 12.2 Å². The summed E-state index contributed by atoms with van der Waals surface area (Å²) in [6.45, 7) is 1.84. The highest BCUT2D eigenvalue weighted by atomic mass is 16.4. The maximum Gasteiger partial charge on any atom is 0.326 e. The Morgan fingerprint density at radius 3 is 2.63 bits per heavy atom. The molecule has 0 heterocycles. The normalized spacial score (nSPS) is 17.7. The lowest BCUT2D eigenvalue weighted by molar-refractivity contribution is -0.141. The summed E-state index contributed by atoms with van der Waals surface area (Å²) in [5, 5.41) is 11.6. The second-order valence-corrected chi connectivity index (χ2v) is 5.31. The average molecular weight is 267 g/mol. The number of hydrogen-bond acceptors (Lipinski definition) is 2. The first kappa shape index (κ1) is 15.7. The standard InChI is InChI=1S/C15H25NO3/c1-2-3-10-13(15(18)19)16-14(17)11-6-9-12-7-4-5-8-12/h2-3,12-13H,4-11H2,1H3,(H,16,17)(H,18,19)/b3-2+. The third-order valence-corrected chi connectivity index (χ3v) is 3.73. The summed E-state index contributed by atoms with van der Waals surface area (Å²) in [5.74, 6) is -0.330. The Morgan fingerprint density at radius 1 is 1.37 bits per heavy atom. The number of allylic oxidation sites excluding steroid dienone is 1. The fraction of sp³-hybridized carbons (Fsp3) is 0.733. The van der Waals surface area contributed by atoms with Gasteiger partial charge in [0.1, 0.15) is 6.04 Å². The monoisotopic (exact) mass is 267 g/mol. The van der Waals surface area contributed by atoms with Crippen molar-refractivity contribution in [2.24, 2.45) is 5.92 Å². The van der Waals surface area contributed by atoms with E-state index < -0.39 is 12.0 Å². The molecule has 0 saturated heterocycles. The minimum absolute atomic E-state index is 0.144. The Balaban J connectivity index is 2.21. The molecular formula is C15H25NO3. The highest BCUT2D eigenvalue weighted by molar-refractivity contribution is 5.83. The number of carboxylic acids is 1. The third-order valence-electron chi connectivity index (χ3n) is 3.73. The van der Waals surface area contributed by atoms with Gasteiger partial charge in [0.15, 0.2) is 0 Å². The molecule has 0 spiro atoms. The van der Waals surface area contributed by atoms with Crippen LogP contribution in [0.4, 0.5) is 0 Å². The van der Waals surface area contributed by atoms with Crippen molar-refractivity contribution in [1.82, 2.24) is 5.32 Å². The Bertz CT molecular complexity index is 319. The maximum atomic E-state index is 11.7. The smallest absolute Gasteiger partial charge is 0.326 e. The Morgan fingerprint density at radius 2 is 2.05 bits per heavy atom. The number of carbonyl (C=O) groups is 2. The molecule has 1 atom stereocenters. The third kappa shape index (κ3) is 6.41. The number of nitrogens with one attached hydrogen (secondary N) is 1. The molecule has 0 bridgehead atoms. The molecule has 4 nitrogen and oxygen atoms in total. The van der Waals surface area contributed by atoms with E-state index >= 15 is 0 Å². The molecule has 0 aromatic heterocycles. The zero-order valence-electron chi connectivity index (χ0n) is 11.7. The highest BCUT2D eigenvalue weighted by Gasteiger charge is 2.19. The van der Waals surface area contributed by atoms with Crippen molar-refractivity contribution in [2.45, 2.75) is 64.3 Å². The van der Waals surface area contributed by atoms with Crippen LogP contribution in [0.5, 0.6) is 0 Å². The summed E-state index contributed by atoms with van der Waals surface area (Å²) in [6.07, 6.45) is 11.5. The van der Waals surface area contributed by atoms with Crippen molar-refractivity contribution < 1.29 is 14.7 Å². The molecule has 2 N–H and O–H groups in total. The zero-order valence-corrected chi connectivity index (χ0v) is 11.7. The van der Waals surface area contributed by atoms with Gasteiger partial charge in [-0.05, 0) is 32.1 Å². The van der Waals surface area contributed by atoms with Gasteiger partial charge < -0.3 is 10.4 Å². The summed E-state index contributed by atoms with van der Waals surface area (Å²) in [5.41, 5.74) is 0. The second-order valence-electron chi connectivity index (χ2n) is 5.31. The van der Waals surface area contributed by atoms with Crippen LogP contribution in [0.1, 0.15) is 58.3 Å². The van der Waals surface area contributed by atoms with Crippen molar-refractivity contribution in [1.29, 1.82) is 0 Å². The number of carboxylic acid groups (broad SMARTS) is 1. The molecule has 0 aliphatic heterocycles. The van der Waals surface area contributed by atoms with E-state index in [1.807, 2.05) is 6.92 Å². The van der Waals surface area contributed by atoms with E-state index in [2.05, 4.69) is 5.32 Å². The summed E-state index contributed by atoms with van der Waals surface area (Å²) in [4.78, 5) is 22.7. The van der Waals surface area contributed by atoms with Gasteiger partial charge in [-0.15, -0.1) is 0 Å². The van der Waals surface area contributed by atoms with Crippen LogP contribution >= 0.6 is 0 Å². The number of carbonyl (C=O) groups excluding carboxylic acids is 1. The molecule has 108 valence electrons. The van der Waals surface area contributed by atoms with Crippen LogP contribution in [-0.2, 0) is 9.59 Å². The zero-order chi connectivity index (χ0) is 14.1. The largest absolute Gasteiger partial charge is 0.480 e. The molecule has 1 aliphatic carbocycles. The average Bonchev–Trinajstić information content (AvgIpc) is 2.87. The first-order chi connectivity index (χ1) is 9.13. The number of amides is 1. The van der Waals surface area contributed by atoms with Crippen LogP contribution in [-0.4, -0.2) is 23.0 Å². The first-order valence-electron chi connectivity index (χ1n) is 7.26. The lowest BCUT2D eigenvalue weighted by atomic mass is 10.0. The summed E-state index contributed by atoms with van der Waals surface area (Å²) < 4.78 is 0. The first-order valence-corrected chi connectivity index (χ1v) is 7.26. The van der Waals surface area contributed by atoms with Gasteiger partial charge in [-0.1, -0.05) is 37.8 Å². The fourth-order valence-electron chi connectivity index (χ4n) is 2.61. The van der Waals surface area contributed by atoms with E-state index in [9.17, 15) is 9.59 Å². The van der Waals surface area contributed by atoms with Gasteiger partial charge in [-0.3, -0.25) is 4.79 Å². The lowest BCUT2D eigenvalue weighted by Gasteiger charge is -2.13. The molecule has 1 rings (SSSR count). The topological polar surface area (TPSA) is 66.4 Å². The molecule has 1 amide bonds. The van der Waals surface area contributed by atoms with E-state index in [-0.39, 0.29) is 5.91 Å². The van der Waals surface area contributed by atoms with Crippen molar-refractivity contribution in [3.8, 4) is 0 Å². The van der Waals surface area contributed by atoms with Crippen LogP contribution in [0, 0.1) is 5.92 Å². The van der Waals surface area contributed by atoms with Gasteiger partial charge in [0.25, 0.3) is 0 Å². The molecule has 1 unspecified atom stereocenters. The Kier molecular flexibility index (Phi) is 7.23. The van der Waals surface area contributed by atoms with E-state index in [0.717, 1.165) is 18.8 Å². The van der Waals surface area contributed by atoms with E-state index in [4.69, 9.17) is 5.11 Å². The van der Waals surface area contributed by atoms with E-state index in [1.54, 1.807) is 12.2 Å². The number of hydrogen-bond donors (Lipinski definition) is 2. The van der Waals surface area contributed by atoms with E-state index in [0.29, 0.717) is 12.8 Å². The summed E-state index contributed by atoms with van der Waals surface area (Å²) in [6, 6.07) is -0.796. The van der Waals surface area contributed by atoms with Crippen LogP contribution in [0.25, 0.3) is 0 Å². The molecule has 0 radical (unpaired) electrons. The van der Waals surface area contributed by atoms with Crippen molar-refractivity contribution in [2.75, 3.05) is 0 Å². The molecule has 4 heteroatoms. The molecule has 0 aromatic carbocycles. The lowest BCUT2D eigenvalue weighted by Crippen LogP contribution is -2.40. The van der Waals surface area contributed by atoms with Crippen molar-refractivity contribution in [3.63, 3.8) is 0 Å². The Labute approximate surface area is 115 Å². The molecule has 1 saturated carbocycles. The van der Waals surface area contributed by atoms with Crippen molar-refractivity contribution in [3.05, 3.63) is 12.2 Å². The van der Waals surface area contributed by atoms with E-state index in [1.165, 1.54) is 25.7 Å². The molecule has 1 aliphatic rings. The minimum Gasteiger partial charge on any atom is -0.480 e.